The first-order valence-electron chi connectivity index (χ1n) is 6.04. The standard InChI is InChI=1S/C12H26N2/c1-10(2)8-14(11(3)4)9-12-5-6-13-7-12/h10-13H,5-9H2,1-4H3. The fourth-order valence-corrected chi connectivity index (χ4v) is 2.17. The van der Waals surface area contributed by atoms with Crippen LogP contribution in [-0.2, 0) is 0 Å². The summed E-state index contributed by atoms with van der Waals surface area (Å²) in [5.74, 6) is 1.67. The summed E-state index contributed by atoms with van der Waals surface area (Å²) in [4.78, 5) is 2.63. The summed E-state index contributed by atoms with van der Waals surface area (Å²) >= 11 is 0. The zero-order valence-electron chi connectivity index (χ0n) is 10.2. The van der Waals surface area contributed by atoms with Gasteiger partial charge in [-0.15, -0.1) is 0 Å². The lowest BCUT2D eigenvalue weighted by atomic mass is 10.1. The Morgan fingerprint density at radius 3 is 2.43 bits per heavy atom. The van der Waals surface area contributed by atoms with Crippen LogP contribution in [0.15, 0.2) is 0 Å². The minimum Gasteiger partial charge on any atom is -0.316 e. The van der Waals surface area contributed by atoms with E-state index in [0.717, 1.165) is 11.8 Å². The van der Waals surface area contributed by atoms with Crippen molar-refractivity contribution in [2.24, 2.45) is 11.8 Å². The number of hydrogen-bond donors (Lipinski definition) is 1. The second-order valence-electron chi connectivity index (χ2n) is 5.30. The normalized spacial score (nSPS) is 22.9. The van der Waals surface area contributed by atoms with Gasteiger partial charge in [0.25, 0.3) is 0 Å². The van der Waals surface area contributed by atoms with Gasteiger partial charge >= 0.3 is 0 Å². The summed E-state index contributed by atoms with van der Waals surface area (Å²) in [6, 6.07) is 0.693. The number of hydrogen-bond acceptors (Lipinski definition) is 2. The van der Waals surface area contributed by atoms with Crippen molar-refractivity contribution in [2.75, 3.05) is 26.2 Å². The van der Waals surface area contributed by atoms with Crippen molar-refractivity contribution in [1.82, 2.24) is 10.2 Å². The van der Waals surface area contributed by atoms with E-state index in [9.17, 15) is 0 Å². The predicted octanol–water partition coefficient (Wildman–Crippen LogP) is 1.96. The molecule has 0 amide bonds. The first kappa shape index (κ1) is 12.0. The van der Waals surface area contributed by atoms with Gasteiger partial charge in [-0.25, -0.2) is 0 Å². The third-order valence-corrected chi connectivity index (χ3v) is 2.99. The fourth-order valence-electron chi connectivity index (χ4n) is 2.17. The van der Waals surface area contributed by atoms with Crippen molar-refractivity contribution < 1.29 is 0 Å². The number of rotatable bonds is 5. The SMILES string of the molecule is CC(C)CN(CC1CCNC1)C(C)C. The van der Waals surface area contributed by atoms with Gasteiger partial charge in [0.1, 0.15) is 0 Å². The van der Waals surface area contributed by atoms with Crippen LogP contribution >= 0.6 is 0 Å². The minimum atomic E-state index is 0.693. The highest BCUT2D eigenvalue weighted by Crippen LogP contribution is 2.13. The Hall–Kier alpha value is -0.0800. The zero-order chi connectivity index (χ0) is 10.6. The van der Waals surface area contributed by atoms with E-state index in [0.29, 0.717) is 6.04 Å². The Morgan fingerprint density at radius 1 is 1.29 bits per heavy atom. The first-order valence-corrected chi connectivity index (χ1v) is 6.04. The summed E-state index contributed by atoms with van der Waals surface area (Å²) in [5.41, 5.74) is 0. The molecule has 0 spiro atoms. The van der Waals surface area contributed by atoms with Gasteiger partial charge in [0, 0.05) is 19.1 Å². The van der Waals surface area contributed by atoms with E-state index >= 15 is 0 Å². The first-order chi connectivity index (χ1) is 6.59. The maximum absolute atomic E-state index is 3.44. The molecule has 1 heterocycles. The van der Waals surface area contributed by atoms with E-state index in [-0.39, 0.29) is 0 Å². The summed E-state index contributed by atoms with van der Waals surface area (Å²) in [7, 11) is 0. The van der Waals surface area contributed by atoms with Crippen molar-refractivity contribution in [2.45, 2.75) is 40.2 Å². The summed E-state index contributed by atoms with van der Waals surface area (Å²) in [6.45, 7) is 14.2. The highest BCUT2D eigenvalue weighted by molar-refractivity contribution is 4.76. The van der Waals surface area contributed by atoms with Gasteiger partial charge < -0.3 is 10.2 Å². The molecule has 0 aromatic rings. The van der Waals surface area contributed by atoms with Gasteiger partial charge in [0.15, 0.2) is 0 Å². The molecule has 1 saturated heterocycles. The monoisotopic (exact) mass is 198 g/mol. The maximum atomic E-state index is 3.44. The van der Waals surface area contributed by atoms with Crippen LogP contribution in [0.3, 0.4) is 0 Å². The average Bonchev–Trinajstić information content (AvgIpc) is 2.54. The third-order valence-electron chi connectivity index (χ3n) is 2.99. The van der Waals surface area contributed by atoms with E-state index in [1.807, 2.05) is 0 Å². The van der Waals surface area contributed by atoms with Gasteiger partial charge in [0.2, 0.25) is 0 Å². The smallest absolute Gasteiger partial charge is 0.00388 e. The van der Waals surface area contributed by atoms with Crippen LogP contribution in [0, 0.1) is 11.8 Å². The van der Waals surface area contributed by atoms with Crippen molar-refractivity contribution in [3.63, 3.8) is 0 Å². The number of nitrogens with one attached hydrogen (secondary N) is 1. The highest BCUT2D eigenvalue weighted by Gasteiger charge is 2.20. The van der Waals surface area contributed by atoms with Crippen LogP contribution in [0.25, 0.3) is 0 Å². The maximum Gasteiger partial charge on any atom is 0.00388 e. The molecule has 0 aliphatic carbocycles. The van der Waals surface area contributed by atoms with Gasteiger partial charge in [0.05, 0.1) is 0 Å². The van der Waals surface area contributed by atoms with Crippen molar-refractivity contribution >= 4 is 0 Å². The molecule has 2 heteroatoms. The summed E-state index contributed by atoms with van der Waals surface area (Å²) in [5, 5.41) is 3.44. The predicted molar refractivity (Wildman–Crippen MR) is 62.5 cm³/mol. The molecule has 2 nitrogen and oxygen atoms in total. The summed E-state index contributed by atoms with van der Waals surface area (Å²) < 4.78 is 0. The largest absolute Gasteiger partial charge is 0.316 e. The molecule has 0 saturated carbocycles. The van der Waals surface area contributed by atoms with Crippen LogP contribution in [-0.4, -0.2) is 37.1 Å². The highest BCUT2D eigenvalue weighted by atomic mass is 15.2. The van der Waals surface area contributed by atoms with Crippen molar-refractivity contribution in [3.05, 3.63) is 0 Å². The second kappa shape index (κ2) is 5.72. The third kappa shape index (κ3) is 3.97. The molecule has 1 aliphatic rings. The Morgan fingerprint density at radius 2 is 2.00 bits per heavy atom. The van der Waals surface area contributed by atoms with E-state index in [2.05, 4.69) is 37.9 Å². The Balaban J connectivity index is 2.33. The quantitative estimate of drug-likeness (QED) is 0.726. The Labute approximate surface area is 89.1 Å². The topological polar surface area (TPSA) is 15.3 Å². The molecule has 1 unspecified atom stereocenters. The van der Waals surface area contributed by atoms with Crippen molar-refractivity contribution in [1.29, 1.82) is 0 Å². The van der Waals surface area contributed by atoms with Gasteiger partial charge in [-0.1, -0.05) is 13.8 Å². The summed E-state index contributed by atoms with van der Waals surface area (Å²) in [6.07, 6.45) is 1.36. The van der Waals surface area contributed by atoms with E-state index < -0.39 is 0 Å². The van der Waals surface area contributed by atoms with E-state index in [1.54, 1.807) is 0 Å². The molecule has 0 aromatic heterocycles. The average molecular weight is 198 g/mol. The molecule has 0 bridgehead atoms. The number of nitrogens with zero attached hydrogens (tertiary/aromatic N) is 1. The second-order valence-corrected chi connectivity index (χ2v) is 5.30. The molecule has 1 N–H and O–H groups in total. The van der Waals surface area contributed by atoms with Crippen LogP contribution in [0.2, 0.25) is 0 Å². The van der Waals surface area contributed by atoms with E-state index in [4.69, 9.17) is 0 Å². The molecule has 1 aliphatic heterocycles. The molecular formula is C12H26N2. The fraction of sp³-hybridized carbons (Fsp3) is 1.00. The lowest BCUT2D eigenvalue weighted by molar-refractivity contribution is 0.172. The molecule has 0 aromatic carbocycles. The zero-order valence-corrected chi connectivity index (χ0v) is 10.2. The molecule has 0 radical (unpaired) electrons. The lowest BCUT2D eigenvalue weighted by Gasteiger charge is -2.30. The van der Waals surface area contributed by atoms with Crippen LogP contribution in [0.5, 0.6) is 0 Å². The van der Waals surface area contributed by atoms with Crippen LogP contribution < -0.4 is 5.32 Å². The molecule has 14 heavy (non-hydrogen) atoms. The molecule has 84 valence electrons. The lowest BCUT2D eigenvalue weighted by Crippen LogP contribution is -2.38. The van der Waals surface area contributed by atoms with Crippen LogP contribution in [0.4, 0.5) is 0 Å². The van der Waals surface area contributed by atoms with Gasteiger partial charge in [-0.3, -0.25) is 0 Å². The molecule has 1 rings (SSSR count). The van der Waals surface area contributed by atoms with Crippen molar-refractivity contribution in [3.8, 4) is 0 Å². The minimum absolute atomic E-state index is 0.693. The molecule has 1 atom stereocenters. The Bertz CT molecular complexity index is 148. The van der Waals surface area contributed by atoms with Gasteiger partial charge in [-0.2, -0.15) is 0 Å². The Kier molecular flexibility index (Phi) is 4.90. The molecule has 1 fully saturated rings. The van der Waals surface area contributed by atoms with Gasteiger partial charge in [-0.05, 0) is 45.2 Å². The van der Waals surface area contributed by atoms with E-state index in [1.165, 1.54) is 32.6 Å². The van der Waals surface area contributed by atoms with Crippen LogP contribution in [0.1, 0.15) is 34.1 Å². The molecular weight excluding hydrogens is 172 g/mol.